The van der Waals surface area contributed by atoms with Crippen molar-refractivity contribution >= 4 is 17.2 Å². The molecule has 66 valence electrons. The predicted molar refractivity (Wildman–Crippen MR) is 52.2 cm³/mol. The monoisotopic (exact) mass is 183 g/mol. The fourth-order valence-electron chi connectivity index (χ4n) is 1.08. The molecule has 0 atom stereocenters. The zero-order chi connectivity index (χ0) is 9.14. The van der Waals surface area contributed by atoms with E-state index in [-0.39, 0.29) is 0 Å². The quantitative estimate of drug-likeness (QED) is 0.555. The van der Waals surface area contributed by atoms with Crippen LogP contribution in [0.25, 0.3) is 0 Å². The minimum Gasteiger partial charge on any atom is -0.478 e. The molecule has 3 heteroatoms. The van der Waals surface area contributed by atoms with Gasteiger partial charge in [0.25, 0.3) is 0 Å². The number of rotatable bonds is 2. The summed E-state index contributed by atoms with van der Waals surface area (Å²) in [6.07, 6.45) is 0. The third-order valence-electron chi connectivity index (χ3n) is 1.57. The summed E-state index contributed by atoms with van der Waals surface area (Å²) in [4.78, 5) is 2.39. The van der Waals surface area contributed by atoms with Crippen LogP contribution in [-0.2, 0) is 4.74 Å². The van der Waals surface area contributed by atoms with Crippen LogP contribution in [0, 0.1) is 19.3 Å². The third-order valence-corrected chi connectivity index (χ3v) is 2.54. The maximum atomic E-state index is 7.57. The van der Waals surface area contributed by atoms with Crippen molar-refractivity contribution in [3.05, 3.63) is 21.4 Å². The second-order valence-corrected chi connectivity index (χ2v) is 4.05. The first-order valence-corrected chi connectivity index (χ1v) is 4.75. The number of hydrogen-bond acceptors (Lipinski definition) is 3. The van der Waals surface area contributed by atoms with Crippen LogP contribution in [0.5, 0.6) is 0 Å². The molecular formula is C9H13NOS. The summed E-state index contributed by atoms with van der Waals surface area (Å²) < 4.78 is 5.11. The normalized spacial score (nSPS) is 9.92. The lowest BCUT2D eigenvalue weighted by Gasteiger charge is -2.02. The zero-order valence-electron chi connectivity index (χ0n) is 7.60. The van der Waals surface area contributed by atoms with E-state index in [1.807, 2.05) is 26.8 Å². The van der Waals surface area contributed by atoms with Crippen molar-refractivity contribution < 1.29 is 4.74 Å². The fourth-order valence-corrected chi connectivity index (χ4v) is 2.00. The molecule has 0 saturated heterocycles. The lowest BCUT2D eigenvalue weighted by molar-refractivity contribution is 0.325. The van der Waals surface area contributed by atoms with E-state index in [9.17, 15) is 0 Å². The van der Waals surface area contributed by atoms with Crippen molar-refractivity contribution in [1.29, 1.82) is 5.41 Å². The summed E-state index contributed by atoms with van der Waals surface area (Å²) >= 11 is 1.70. The van der Waals surface area contributed by atoms with Gasteiger partial charge in [-0.05, 0) is 26.8 Å². The lowest BCUT2D eigenvalue weighted by atomic mass is 10.2. The van der Waals surface area contributed by atoms with Gasteiger partial charge in [0, 0.05) is 15.3 Å². The van der Waals surface area contributed by atoms with Gasteiger partial charge in [-0.15, -0.1) is 11.3 Å². The highest BCUT2D eigenvalue weighted by molar-refractivity contribution is 7.12. The Morgan fingerprint density at radius 2 is 2.25 bits per heavy atom. The highest BCUT2D eigenvalue weighted by Gasteiger charge is 2.08. The number of thiophene rings is 1. The summed E-state index contributed by atoms with van der Waals surface area (Å²) in [5.74, 6) is 0.291. The Morgan fingerprint density at radius 1 is 1.58 bits per heavy atom. The molecule has 1 N–H and O–H groups in total. The van der Waals surface area contributed by atoms with E-state index in [1.54, 1.807) is 11.3 Å². The Morgan fingerprint density at radius 3 is 2.67 bits per heavy atom. The van der Waals surface area contributed by atoms with E-state index in [2.05, 4.69) is 0 Å². The molecule has 1 aromatic rings. The molecule has 1 heterocycles. The van der Waals surface area contributed by atoms with Gasteiger partial charge in [0.15, 0.2) is 0 Å². The number of nitrogens with one attached hydrogen (secondary N) is 1. The van der Waals surface area contributed by atoms with E-state index in [1.165, 1.54) is 4.88 Å². The number of aryl methyl sites for hydroxylation is 2. The summed E-state index contributed by atoms with van der Waals surface area (Å²) in [7, 11) is 0. The van der Waals surface area contributed by atoms with Crippen molar-refractivity contribution in [2.75, 3.05) is 6.61 Å². The van der Waals surface area contributed by atoms with Crippen LogP contribution in [-0.4, -0.2) is 12.5 Å². The lowest BCUT2D eigenvalue weighted by Crippen LogP contribution is -2.04. The molecule has 0 aliphatic heterocycles. The average Bonchev–Trinajstić information content (AvgIpc) is 2.30. The molecule has 1 rings (SSSR count). The molecule has 0 aliphatic rings. The predicted octanol–water partition coefficient (Wildman–Crippen LogP) is 2.73. The van der Waals surface area contributed by atoms with Gasteiger partial charge in [0.2, 0.25) is 5.90 Å². The third kappa shape index (κ3) is 1.85. The topological polar surface area (TPSA) is 33.1 Å². The Labute approximate surface area is 76.7 Å². The second kappa shape index (κ2) is 3.72. The Bertz CT molecular complexity index is 291. The van der Waals surface area contributed by atoms with E-state index in [0.717, 1.165) is 10.4 Å². The average molecular weight is 183 g/mol. The minimum absolute atomic E-state index is 0.291. The van der Waals surface area contributed by atoms with Gasteiger partial charge in [-0.25, -0.2) is 0 Å². The van der Waals surface area contributed by atoms with Gasteiger partial charge in [0.1, 0.15) is 0 Å². The van der Waals surface area contributed by atoms with Gasteiger partial charge in [0.05, 0.1) is 6.61 Å². The molecule has 1 aromatic heterocycles. The van der Waals surface area contributed by atoms with Crippen LogP contribution in [0.1, 0.15) is 22.2 Å². The first kappa shape index (κ1) is 9.26. The van der Waals surface area contributed by atoms with Crippen molar-refractivity contribution in [3.63, 3.8) is 0 Å². The Hall–Kier alpha value is -0.830. The molecule has 0 unspecified atom stereocenters. The van der Waals surface area contributed by atoms with Crippen LogP contribution < -0.4 is 0 Å². The molecule has 2 nitrogen and oxygen atoms in total. The Balaban J connectivity index is 2.87. The molecule has 0 radical (unpaired) electrons. The van der Waals surface area contributed by atoms with Crippen LogP contribution in [0.3, 0.4) is 0 Å². The molecule has 0 saturated carbocycles. The zero-order valence-corrected chi connectivity index (χ0v) is 8.42. The molecule has 0 spiro atoms. The van der Waals surface area contributed by atoms with Gasteiger partial charge in [-0.2, -0.15) is 0 Å². The summed E-state index contributed by atoms with van der Waals surface area (Å²) in [6, 6.07) is 2.00. The Kier molecular flexibility index (Phi) is 2.87. The highest BCUT2D eigenvalue weighted by atomic mass is 32.1. The van der Waals surface area contributed by atoms with Crippen LogP contribution in [0.2, 0.25) is 0 Å². The molecule has 0 aromatic carbocycles. The van der Waals surface area contributed by atoms with Gasteiger partial charge in [-0.1, -0.05) is 0 Å². The SMILES string of the molecule is CCOC(=N)c1cc(C)sc1C. The number of hydrogen-bond donors (Lipinski definition) is 1. The van der Waals surface area contributed by atoms with E-state index in [4.69, 9.17) is 10.1 Å². The first-order valence-electron chi connectivity index (χ1n) is 3.94. The van der Waals surface area contributed by atoms with Crippen molar-refractivity contribution in [1.82, 2.24) is 0 Å². The maximum absolute atomic E-state index is 7.57. The van der Waals surface area contributed by atoms with E-state index in [0.29, 0.717) is 12.5 Å². The minimum atomic E-state index is 0.291. The van der Waals surface area contributed by atoms with Gasteiger partial charge in [-0.3, -0.25) is 5.41 Å². The van der Waals surface area contributed by atoms with Crippen LogP contribution in [0.15, 0.2) is 6.07 Å². The van der Waals surface area contributed by atoms with Crippen molar-refractivity contribution in [2.24, 2.45) is 0 Å². The summed E-state index contributed by atoms with van der Waals surface area (Å²) in [5, 5.41) is 7.57. The molecule has 0 bridgehead atoms. The highest BCUT2D eigenvalue weighted by Crippen LogP contribution is 2.20. The maximum Gasteiger partial charge on any atom is 0.214 e. The molecule has 0 fully saturated rings. The number of ether oxygens (including phenoxy) is 1. The molecule has 12 heavy (non-hydrogen) atoms. The molecule has 0 amide bonds. The summed E-state index contributed by atoms with van der Waals surface area (Å²) in [5.41, 5.74) is 0.930. The first-order chi connectivity index (χ1) is 5.65. The smallest absolute Gasteiger partial charge is 0.214 e. The van der Waals surface area contributed by atoms with E-state index >= 15 is 0 Å². The summed E-state index contributed by atoms with van der Waals surface area (Å²) in [6.45, 7) is 6.51. The fraction of sp³-hybridized carbons (Fsp3) is 0.444. The van der Waals surface area contributed by atoms with Crippen LogP contribution in [0.4, 0.5) is 0 Å². The van der Waals surface area contributed by atoms with E-state index < -0.39 is 0 Å². The van der Waals surface area contributed by atoms with Crippen molar-refractivity contribution in [2.45, 2.75) is 20.8 Å². The van der Waals surface area contributed by atoms with Gasteiger partial charge < -0.3 is 4.74 Å². The molecular weight excluding hydrogens is 170 g/mol. The van der Waals surface area contributed by atoms with Crippen LogP contribution >= 0.6 is 11.3 Å². The molecule has 0 aliphatic carbocycles. The largest absolute Gasteiger partial charge is 0.478 e. The van der Waals surface area contributed by atoms with Crippen molar-refractivity contribution in [3.8, 4) is 0 Å². The second-order valence-electron chi connectivity index (χ2n) is 2.59. The standard InChI is InChI=1S/C9H13NOS/c1-4-11-9(10)8-5-6(2)12-7(8)3/h5,10H,4H2,1-3H3. The van der Waals surface area contributed by atoms with Gasteiger partial charge >= 0.3 is 0 Å².